The molecule has 2 fully saturated rings. The van der Waals surface area contributed by atoms with E-state index >= 15 is 0 Å². The van der Waals surface area contributed by atoms with Gasteiger partial charge in [0.25, 0.3) is 0 Å². The number of nitrogens with one attached hydrogen (secondary N) is 2. The van der Waals surface area contributed by atoms with Gasteiger partial charge in [0.05, 0.1) is 12.1 Å². The molecule has 5 rings (SSSR count). The number of nitrogens with two attached hydrogens (primary N) is 1. The maximum atomic E-state index is 14.4. The van der Waals surface area contributed by atoms with Gasteiger partial charge in [-0.25, -0.2) is 9.37 Å². The lowest BCUT2D eigenvalue weighted by atomic mass is 10.0. The van der Waals surface area contributed by atoms with E-state index in [1.807, 2.05) is 12.2 Å². The first kappa shape index (κ1) is 22.4. The smallest absolute Gasteiger partial charge is 0.229 e. The number of likely N-dealkylation sites (N-methyl/N-ethyl adjacent to an activating group) is 1. The summed E-state index contributed by atoms with van der Waals surface area (Å²) in [6, 6.07) is 1.84. The average molecular weight is 468 g/mol. The molecule has 0 unspecified atom stereocenters. The van der Waals surface area contributed by atoms with E-state index in [-0.39, 0.29) is 29.6 Å². The van der Waals surface area contributed by atoms with Gasteiger partial charge in [0.1, 0.15) is 10.8 Å². The van der Waals surface area contributed by atoms with Crippen molar-refractivity contribution in [1.29, 1.82) is 0 Å². The third-order valence-corrected chi connectivity index (χ3v) is 6.75. The number of furan rings is 1. The Labute approximate surface area is 197 Å². The van der Waals surface area contributed by atoms with Gasteiger partial charge in [-0.05, 0) is 38.1 Å². The van der Waals surface area contributed by atoms with Crippen LogP contribution in [-0.4, -0.2) is 64.9 Å². The van der Waals surface area contributed by atoms with Crippen molar-refractivity contribution in [3.8, 4) is 0 Å². The van der Waals surface area contributed by atoms with Gasteiger partial charge in [-0.1, -0.05) is 6.42 Å². The molecule has 0 bridgehead atoms. The summed E-state index contributed by atoms with van der Waals surface area (Å²) >= 11 is 0. The van der Waals surface area contributed by atoms with Crippen molar-refractivity contribution >= 4 is 29.9 Å². The number of amides is 1. The molecule has 1 saturated heterocycles. The Morgan fingerprint density at radius 2 is 2.09 bits per heavy atom. The van der Waals surface area contributed by atoms with Crippen molar-refractivity contribution in [3.05, 3.63) is 46.2 Å². The van der Waals surface area contributed by atoms with E-state index in [4.69, 9.17) is 10.2 Å². The molecular weight excluding hydrogens is 437 g/mol. The lowest BCUT2D eigenvalue weighted by Crippen LogP contribution is -2.42. The lowest BCUT2D eigenvalue weighted by molar-refractivity contribution is -0.121. The number of anilines is 2. The van der Waals surface area contributed by atoms with Crippen LogP contribution in [0.5, 0.6) is 0 Å². The standard InChI is InChI=1S/C24H30FN7O2/c1-31-7-9-32(10-8-31)14-17-12-15-11-16(5-6-21(15)34-17)28-24-27-13-19(25)23(30-24)29-20-4-2-3-18(20)22(26)33/h5-6,12-14,18,20H,2-4,7-11H2,1H3,(H2,26,33)(H2,27,28,29,30)/t18-,20+/m0/s1. The number of aromatic nitrogens is 2. The summed E-state index contributed by atoms with van der Waals surface area (Å²) in [7, 11) is 2.13. The number of primary amides is 1. The molecule has 3 heterocycles. The fourth-order valence-corrected chi connectivity index (χ4v) is 4.79. The third-order valence-electron chi connectivity index (χ3n) is 6.75. The molecular formula is C24H30FN7O2. The van der Waals surface area contributed by atoms with Crippen molar-refractivity contribution in [2.75, 3.05) is 43.9 Å². The molecule has 2 aliphatic carbocycles. The second-order valence-corrected chi connectivity index (χ2v) is 9.25. The molecule has 1 amide bonds. The first-order valence-electron chi connectivity index (χ1n) is 11.7. The SMILES string of the molecule is CN1CCN(C=c2cc3c(o2)=CC=C(Nc2ncc(F)c(N[C@@H]4CCC[C@@H]4C(N)=O)n2)C3)CC1. The van der Waals surface area contributed by atoms with Crippen LogP contribution in [0.15, 0.2) is 28.5 Å². The van der Waals surface area contributed by atoms with Gasteiger partial charge in [0.15, 0.2) is 11.6 Å². The summed E-state index contributed by atoms with van der Waals surface area (Å²) in [5.74, 6) is -0.896. The Bertz CT molecular complexity index is 1220. The van der Waals surface area contributed by atoms with Crippen molar-refractivity contribution in [1.82, 2.24) is 19.8 Å². The molecule has 1 aliphatic heterocycles. The topological polar surface area (TPSA) is 113 Å². The number of allylic oxidation sites excluding steroid dienone is 2. The number of fused-ring (bicyclic) bond motifs is 1. The highest BCUT2D eigenvalue weighted by molar-refractivity contribution is 5.78. The number of carbonyl (C=O) groups is 1. The highest BCUT2D eigenvalue weighted by Gasteiger charge is 2.32. The highest BCUT2D eigenvalue weighted by atomic mass is 19.1. The molecule has 180 valence electrons. The van der Waals surface area contributed by atoms with E-state index in [0.717, 1.165) is 67.3 Å². The van der Waals surface area contributed by atoms with Crippen LogP contribution in [0, 0.1) is 11.7 Å². The summed E-state index contributed by atoms with van der Waals surface area (Å²) in [5, 5.41) is 6.24. The number of piperazine rings is 1. The highest BCUT2D eigenvalue weighted by Crippen LogP contribution is 2.29. The van der Waals surface area contributed by atoms with Crippen LogP contribution in [-0.2, 0) is 11.2 Å². The van der Waals surface area contributed by atoms with Crippen molar-refractivity contribution in [2.45, 2.75) is 31.7 Å². The minimum atomic E-state index is -0.564. The maximum absolute atomic E-state index is 14.4. The second kappa shape index (κ2) is 9.46. The summed E-state index contributed by atoms with van der Waals surface area (Å²) in [6.07, 6.45) is 9.99. The summed E-state index contributed by atoms with van der Waals surface area (Å²) < 4.78 is 20.4. The molecule has 2 aromatic heterocycles. The van der Waals surface area contributed by atoms with Gasteiger partial charge in [-0.2, -0.15) is 4.98 Å². The van der Waals surface area contributed by atoms with Gasteiger partial charge >= 0.3 is 0 Å². The maximum Gasteiger partial charge on any atom is 0.229 e. The van der Waals surface area contributed by atoms with Crippen LogP contribution in [0.1, 0.15) is 24.8 Å². The van der Waals surface area contributed by atoms with Crippen LogP contribution < -0.4 is 27.2 Å². The minimum absolute atomic E-state index is 0.0732. The number of hydrogen-bond donors (Lipinski definition) is 3. The van der Waals surface area contributed by atoms with E-state index < -0.39 is 5.82 Å². The fraction of sp³-hybridized carbons (Fsp3) is 0.458. The molecule has 0 aromatic carbocycles. The minimum Gasteiger partial charge on any atom is -0.456 e. The number of halogens is 1. The van der Waals surface area contributed by atoms with Crippen molar-refractivity contribution in [2.24, 2.45) is 11.7 Å². The predicted molar refractivity (Wildman–Crippen MR) is 127 cm³/mol. The lowest BCUT2D eigenvalue weighted by Gasteiger charge is -2.31. The van der Waals surface area contributed by atoms with E-state index in [9.17, 15) is 9.18 Å². The van der Waals surface area contributed by atoms with Crippen LogP contribution in [0.4, 0.5) is 16.2 Å². The summed E-state index contributed by atoms with van der Waals surface area (Å²) in [5.41, 5.74) is 9.12. The summed E-state index contributed by atoms with van der Waals surface area (Å²) in [4.78, 5) is 24.7. The van der Waals surface area contributed by atoms with E-state index in [2.05, 4.69) is 49.7 Å². The predicted octanol–water partition coefficient (Wildman–Crippen LogP) is 0.593. The van der Waals surface area contributed by atoms with Crippen molar-refractivity contribution in [3.63, 3.8) is 0 Å². The zero-order valence-corrected chi connectivity index (χ0v) is 19.3. The zero-order chi connectivity index (χ0) is 23.7. The molecule has 2 atom stereocenters. The quantitative estimate of drug-likeness (QED) is 0.566. The Balaban J connectivity index is 1.26. The molecule has 0 spiro atoms. The molecule has 3 aliphatic rings. The molecule has 2 aromatic rings. The molecule has 10 heteroatoms. The number of carbonyl (C=O) groups excluding carboxylic acids is 1. The average Bonchev–Trinajstić information content (AvgIpc) is 3.44. The monoisotopic (exact) mass is 467 g/mol. The zero-order valence-electron chi connectivity index (χ0n) is 19.3. The second-order valence-electron chi connectivity index (χ2n) is 9.25. The first-order chi connectivity index (χ1) is 16.4. The Hall–Kier alpha value is -3.40. The number of hydrogen-bond acceptors (Lipinski definition) is 8. The Kier molecular flexibility index (Phi) is 6.23. The van der Waals surface area contributed by atoms with Crippen LogP contribution >= 0.6 is 0 Å². The van der Waals surface area contributed by atoms with Gasteiger partial charge in [0.2, 0.25) is 11.9 Å². The Morgan fingerprint density at radius 3 is 2.88 bits per heavy atom. The molecule has 1 saturated carbocycles. The molecule has 9 nitrogen and oxygen atoms in total. The van der Waals surface area contributed by atoms with Gasteiger partial charge in [-0.3, -0.25) is 4.79 Å². The van der Waals surface area contributed by atoms with Gasteiger partial charge in [0, 0.05) is 56.1 Å². The van der Waals surface area contributed by atoms with E-state index in [1.165, 1.54) is 0 Å². The number of nitrogens with zero attached hydrogens (tertiary/aromatic N) is 4. The normalized spacial score (nSPS) is 23.3. The van der Waals surface area contributed by atoms with Crippen molar-refractivity contribution < 1.29 is 13.6 Å². The molecule has 34 heavy (non-hydrogen) atoms. The largest absolute Gasteiger partial charge is 0.456 e. The Morgan fingerprint density at radius 1 is 1.26 bits per heavy atom. The van der Waals surface area contributed by atoms with Crippen LogP contribution in [0.3, 0.4) is 0 Å². The van der Waals surface area contributed by atoms with E-state index in [1.54, 1.807) is 0 Å². The summed E-state index contributed by atoms with van der Waals surface area (Å²) in [6.45, 7) is 4.04. The van der Waals surface area contributed by atoms with Crippen LogP contribution in [0.2, 0.25) is 0 Å². The molecule has 4 N–H and O–H groups in total. The van der Waals surface area contributed by atoms with Crippen LogP contribution in [0.25, 0.3) is 12.3 Å². The first-order valence-corrected chi connectivity index (χ1v) is 11.7. The third kappa shape index (κ3) is 4.91. The van der Waals surface area contributed by atoms with E-state index in [0.29, 0.717) is 12.8 Å². The molecule has 0 radical (unpaired) electrons. The number of rotatable bonds is 6. The van der Waals surface area contributed by atoms with Gasteiger partial charge < -0.3 is 30.6 Å². The fourth-order valence-electron chi connectivity index (χ4n) is 4.79. The van der Waals surface area contributed by atoms with Gasteiger partial charge in [-0.15, -0.1) is 0 Å².